The van der Waals surface area contributed by atoms with Gasteiger partial charge in [0.1, 0.15) is 0 Å². The quantitative estimate of drug-likeness (QED) is 0.921. The molecular formula is C13H18BrNO2S. The Bertz CT molecular complexity index is 399. The molecule has 1 N–H and O–H groups in total. The standard InChI is InChI=1S/C13H18BrNO2S/c14-12-5-4-11(18-12)2-1-3-13(17)15-8-6-10(16)7-9-15/h4-5,10,16H,1-3,6-9H2. The van der Waals surface area contributed by atoms with Gasteiger partial charge in [0.2, 0.25) is 5.91 Å². The lowest BCUT2D eigenvalue weighted by Gasteiger charge is -2.29. The van der Waals surface area contributed by atoms with E-state index in [1.165, 1.54) is 4.88 Å². The Kier molecular flexibility index (Phi) is 5.21. The zero-order chi connectivity index (χ0) is 13.0. The summed E-state index contributed by atoms with van der Waals surface area (Å²) < 4.78 is 1.15. The van der Waals surface area contributed by atoms with Crippen LogP contribution < -0.4 is 0 Å². The Morgan fingerprint density at radius 3 is 2.78 bits per heavy atom. The monoisotopic (exact) mass is 331 g/mol. The number of halogens is 1. The van der Waals surface area contributed by atoms with Crippen molar-refractivity contribution in [2.75, 3.05) is 13.1 Å². The van der Waals surface area contributed by atoms with Crippen molar-refractivity contribution in [1.82, 2.24) is 4.90 Å². The highest BCUT2D eigenvalue weighted by Crippen LogP contribution is 2.23. The van der Waals surface area contributed by atoms with Crippen molar-refractivity contribution < 1.29 is 9.90 Å². The van der Waals surface area contributed by atoms with Crippen LogP contribution in [0.25, 0.3) is 0 Å². The van der Waals surface area contributed by atoms with E-state index in [0.29, 0.717) is 19.5 Å². The summed E-state index contributed by atoms with van der Waals surface area (Å²) in [5, 5.41) is 9.39. The van der Waals surface area contributed by atoms with Crippen molar-refractivity contribution in [3.63, 3.8) is 0 Å². The molecule has 0 radical (unpaired) electrons. The number of carbonyl (C=O) groups is 1. The number of hydrogen-bond acceptors (Lipinski definition) is 3. The molecule has 1 aromatic rings. The molecule has 3 nitrogen and oxygen atoms in total. The van der Waals surface area contributed by atoms with E-state index < -0.39 is 0 Å². The highest BCUT2D eigenvalue weighted by molar-refractivity contribution is 9.11. The van der Waals surface area contributed by atoms with E-state index in [2.05, 4.69) is 22.0 Å². The van der Waals surface area contributed by atoms with Crippen LogP contribution in [0.2, 0.25) is 0 Å². The Balaban J connectivity index is 1.68. The van der Waals surface area contributed by atoms with Crippen molar-refractivity contribution in [3.05, 3.63) is 20.8 Å². The fourth-order valence-corrected chi connectivity index (χ4v) is 3.70. The molecule has 2 rings (SSSR count). The predicted molar refractivity (Wildman–Crippen MR) is 76.8 cm³/mol. The van der Waals surface area contributed by atoms with Gasteiger partial charge in [0, 0.05) is 24.4 Å². The molecule has 0 aromatic carbocycles. The second-order valence-electron chi connectivity index (χ2n) is 4.67. The lowest BCUT2D eigenvalue weighted by Crippen LogP contribution is -2.39. The van der Waals surface area contributed by atoms with Gasteiger partial charge in [0.25, 0.3) is 0 Å². The number of aliphatic hydroxyl groups excluding tert-OH is 1. The normalized spacial score (nSPS) is 17.1. The van der Waals surface area contributed by atoms with E-state index >= 15 is 0 Å². The summed E-state index contributed by atoms with van der Waals surface area (Å²) in [6.07, 6.45) is 3.74. The molecular weight excluding hydrogens is 314 g/mol. The van der Waals surface area contributed by atoms with Crippen LogP contribution in [0.5, 0.6) is 0 Å². The molecule has 100 valence electrons. The Morgan fingerprint density at radius 2 is 2.17 bits per heavy atom. The first-order valence-corrected chi connectivity index (χ1v) is 7.96. The second-order valence-corrected chi connectivity index (χ2v) is 7.22. The summed E-state index contributed by atoms with van der Waals surface area (Å²) in [7, 11) is 0. The number of hydrogen-bond donors (Lipinski definition) is 1. The molecule has 1 saturated heterocycles. The largest absolute Gasteiger partial charge is 0.393 e. The topological polar surface area (TPSA) is 40.5 Å². The Labute approximate surface area is 120 Å². The van der Waals surface area contributed by atoms with E-state index in [1.807, 2.05) is 11.0 Å². The molecule has 5 heteroatoms. The van der Waals surface area contributed by atoms with Gasteiger partial charge >= 0.3 is 0 Å². The number of piperidine rings is 1. The van der Waals surface area contributed by atoms with Gasteiger partial charge < -0.3 is 10.0 Å². The molecule has 0 atom stereocenters. The zero-order valence-electron chi connectivity index (χ0n) is 10.3. The highest BCUT2D eigenvalue weighted by atomic mass is 79.9. The fourth-order valence-electron chi connectivity index (χ4n) is 2.17. The number of amides is 1. The SMILES string of the molecule is O=C(CCCc1ccc(Br)s1)N1CCC(O)CC1. The molecule has 1 fully saturated rings. The third kappa shape index (κ3) is 4.07. The van der Waals surface area contributed by atoms with Gasteiger partial charge in [-0.05, 0) is 53.7 Å². The summed E-state index contributed by atoms with van der Waals surface area (Å²) in [6.45, 7) is 1.43. The minimum absolute atomic E-state index is 0.211. The van der Waals surface area contributed by atoms with E-state index in [0.717, 1.165) is 29.5 Å². The minimum atomic E-state index is -0.211. The van der Waals surface area contributed by atoms with Crippen LogP contribution in [0, 0.1) is 0 Å². The smallest absolute Gasteiger partial charge is 0.222 e. The lowest BCUT2D eigenvalue weighted by molar-refractivity contribution is -0.133. The van der Waals surface area contributed by atoms with Crippen LogP contribution >= 0.6 is 27.3 Å². The Morgan fingerprint density at radius 1 is 1.44 bits per heavy atom. The van der Waals surface area contributed by atoms with Crippen LogP contribution in [0.4, 0.5) is 0 Å². The molecule has 0 bridgehead atoms. The molecule has 0 spiro atoms. The van der Waals surface area contributed by atoms with Crippen LogP contribution in [0.1, 0.15) is 30.6 Å². The number of carbonyl (C=O) groups excluding carboxylic acids is 1. The first-order chi connectivity index (χ1) is 8.65. The number of thiophene rings is 1. The molecule has 0 unspecified atom stereocenters. The van der Waals surface area contributed by atoms with Crippen LogP contribution in [-0.2, 0) is 11.2 Å². The molecule has 0 aliphatic carbocycles. The van der Waals surface area contributed by atoms with Crippen LogP contribution in [-0.4, -0.2) is 35.1 Å². The van der Waals surface area contributed by atoms with Gasteiger partial charge in [-0.1, -0.05) is 0 Å². The van der Waals surface area contributed by atoms with Gasteiger partial charge in [0.15, 0.2) is 0 Å². The van der Waals surface area contributed by atoms with E-state index in [9.17, 15) is 9.90 Å². The van der Waals surface area contributed by atoms with E-state index in [1.54, 1.807) is 11.3 Å². The third-order valence-corrected chi connectivity index (χ3v) is 4.94. The molecule has 18 heavy (non-hydrogen) atoms. The molecule has 1 aromatic heterocycles. The first kappa shape index (κ1) is 14.0. The average molecular weight is 332 g/mol. The van der Waals surface area contributed by atoms with Gasteiger partial charge in [-0.25, -0.2) is 0 Å². The summed E-state index contributed by atoms with van der Waals surface area (Å²) in [5.74, 6) is 0.234. The summed E-state index contributed by atoms with van der Waals surface area (Å²) >= 11 is 5.17. The molecule has 2 heterocycles. The lowest BCUT2D eigenvalue weighted by atomic mass is 10.1. The molecule has 1 aliphatic heterocycles. The summed E-state index contributed by atoms with van der Waals surface area (Å²) in [6, 6.07) is 4.16. The second kappa shape index (κ2) is 6.68. The van der Waals surface area contributed by atoms with Crippen molar-refractivity contribution in [2.45, 2.75) is 38.2 Å². The number of nitrogens with zero attached hydrogens (tertiary/aromatic N) is 1. The van der Waals surface area contributed by atoms with Gasteiger partial charge in [-0.2, -0.15) is 0 Å². The van der Waals surface area contributed by atoms with Gasteiger partial charge in [-0.15, -0.1) is 11.3 Å². The summed E-state index contributed by atoms with van der Waals surface area (Å²) in [4.78, 5) is 15.1. The van der Waals surface area contributed by atoms with Gasteiger partial charge in [0.05, 0.1) is 9.89 Å². The van der Waals surface area contributed by atoms with Crippen molar-refractivity contribution in [1.29, 1.82) is 0 Å². The number of likely N-dealkylation sites (tertiary alicyclic amines) is 1. The fraction of sp³-hybridized carbons (Fsp3) is 0.615. The number of aliphatic hydroxyl groups is 1. The third-order valence-electron chi connectivity index (χ3n) is 3.26. The van der Waals surface area contributed by atoms with Crippen molar-refractivity contribution >= 4 is 33.2 Å². The molecule has 0 saturated carbocycles. The van der Waals surface area contributed by atoms with E-state index in [-0.39, 0.29) is 12.0 Å². The maximum atomic E-state index is 11.9. The minimum Gasteiger partial charge on any atom is -0.393 e. The van der Waals surface area contributed by atoms with Gasteiger partial charge in [-0.3, -0.25) is 4.79 Å². The highest BCUT2D eigenvalue weighted by Gasteiger charge is 2.20. The first-order valence-electron chi connectivity index (χ1n) is 6.35. The predicted octanol–water partition coefficient (Wildman–Crippen LogP) is 2.82. The van der Waals surface area contributed by atoms with Crippen LogP contribution in [0.15, 0.2) is 15.9 Å². The van der Waals surface area contributed by atoms with Crippen molar-refractivity contribution in [3.8, 4) is 0 Å². The van der Waals surface area contributed by atoms with Crippen LogP contribution in [0.3, 0.4) is 0 Å². The molecule has 1 aliphatic rings. The van der Waals surface area contributed by atoms with E-state index in [4.69, 9.17) is 0 Å². The Hall–Kier alpha value is -0.390. The van der Waals surface area contributed by atoms with Crippen molar-refractivity contribution in [2.24, 2.45) is 0 Å². The average Bonchev–Trinajstić information content (AvgIpc) is 2.76. The summed E-state index contributed by atoms with van der Waals surface area (Å²) in [5.41, 5.74) is 0. The number of aryl methyl sites for hydroxylation is 1. The maximum absolute atomic E-state index is 11.9. The maximum Gasteiger partial charge on any atom is 0.222 e. The zero-order valence-corrected chi connectivity index (χ0v) is 12.7. The molecule has 1 amide bonds. The number of rotatable bonds is 4.